The van der Waals surface area contributed by atoms with Gasteiger partial charge in [0.05, 0.1) is 0 Å². The van der Waals surface area contributed by atoms with E-state index in [9.17, 15) is 13.6 Å². The monoisotopic (exact) mass is 270 g/mol. The van der Waals surface area contributed by atoms with Crippen LogP contribution in [0.4, 0.5) is 19.3 Å². The first kappa shape index (κ1) is 13.6. The summed E-state index contributed by atoms with van der Waals surface area (Å²) < 4.78 is 28.4. The fourth-order valence-corrected chi connectivity index (χ4v) is 1.84. The van der Waals surface area contributed by atoms with Crippen LogP contribution in [0.15, 0.2) is 24.3 Å². The second kappa shape index (κ2) is 5.86. The minimum Gasteiger partial charge on any atom is -0.435 e. The number of amides is 2. The van der Waals surface area contributed by atoms with Crippen molar-refractivity contribution in [3.05, 3.63) is 24.3 Å². The van der Waals surface area contributed by atoms with Crippen molar-refractivity contribution in [1.82, 2.24) is 5.32 Å². The molecule has 4 nitrogen and oxygen atoms in total. The third-order valence-electron chi connectivity index (χ3n) is 3.00. The number of benzene rings is 1. The van der Waals surface area contributed by atoms with Gasteiger partial charge in [-0.2, -0.15) is 8.78 Å². The molecule has 0 spiro atoms. The molecule has 6 heteroatoms. The molecule has 1 saturated carbocycles. The van der Waals surface area contributed by atoms with Crippen LogP contribution in [0.25, 0.3) is 0 Å². The van der Waals surface area contributed by atoms with Gasteiger partial charge in [0.15, 0.2) is 0 Å². The van der Waals surface area contributed by atoms with E-state index in [-0.39, 0.29) is 17.8 Å². The summed E-state index contributed by atoms with van der Waals surface area (Å²) in [7, 11) is 0. The van der Waals surface area contributed by atoms with Gasteiger partial charge in [-0.3, -0.25) is 0 Å². The lowest BCUT2D eigenvalue weighted by Crippen LogP contribution is -2.37. The predicted molar refractivity (Wildman–Crippen MR) is 67.4 cm³/mol. The summed E-state index contributed by atoms with van der Waals surface area (Å²) in [5.41, 5.74) is 0.415. The number of urea groups is 1. The molecule has 1 atom stereocenters. The van der Waals surface area contributed by atoms with Crippen molar-refractivity contribution in [3.63, 3.8) is 0 Å². The third-order valence-corrected chi connectivity index (χ3v) is 3.00. The van der Waals surface area contributed by atoms with Gasteiger partial charge in [0, 0.05) is 17.8 Å². The van der Waals surface area contributed by atoms with Crippen LogP contribution in [-0.4, -0.2) is 18.7 Å². The van der Waals surface area contributed by atoms with Gasteiger partial charge in [-0.05, 0) is 37.8 Å². The van der Waals surface area contributed by atoms with Crippen LogP contribution in [0.2, 0.25) is 0 Å². The van der Waals surface area contributed by atoms with E-state index in [0.717, 1.165) is 12.8 Å². The molecule has 0 radical (unpaired) electrons. The fourth-order valence-electron chi connectivity index (χ4n) is 1.84. The molecule has 1 aromatic rings. The molecule has 1 aliphatic rings. The van der Waals surface area contributed by atoms with Gasteiger partial charge in [0.25, 0.3) is 0 Å². The lowest BCUT2D eigenvalue weighted by molar-refractivity contribution is -0.0497. The summed E-state index contributed by atoms with van der Waals surface area (Å²) in [4.78, 5) is 11.7. The summed E-state index contributed by atoms with van der Waals surface area (Å²) in [6, 6.07) is 5.70. The molecule has 2 amide bonds. The molecule has 1 unspecified atom stereocenters. The Hall–Kier alpha value is -1.85. The molecule has 1 aromatic carbocycles. The van der Waals surface area contributed by atoms with Crippen LogP contribution >= 0.6 is 0 Å². The number of halogens is 2. The van der Waals surface area contributed by atoms with Gasteiger partial charge < -0.3 is 15.4 Å². The Morgan fingerprint density at radius 3 is 2.79 bits per heavy atom. The second-order valence-electron chi connectivity index (χ2n) is 4.63. The van der Waals surface area contributed by atoms with Gasteiger partial charge in [0.2, 0.25) is 0 Å². The number of hydrogen-bond donors (Lipinski definition) is 2. The van der Waals surface area contributed by atoms with Gasteiger partial charge in [-0.15, -0.1) is 0 Å². The number of ether oxygens (including phenoxy) is 1. The first-order valence-electron chi connectivity index (χ1n) is 6.17. The zero-order valence-corrected chi connectivity index (χ0v) is 10.5. The highest BCUT2D eigenvalue weighted by molar-refractivity contribution is 5.89. The van der Waals surface area contributed by atoms with E-state index in [4.69, 9.17) is 0 Å². The lowest BCUT2D eigenvalue weighted by atomic mass is 10.2. The van der Waals surface area contributed by atoms with Crippen LogP contribution < -0.4 is 15.4 Å². The van der Waals surface area contributed by atoms with Gasteiger partial charge >= 0.3 is 12.6 Å². The molecule has 2 N–H and O–H groups in total. The van der Waals surface area contributed by atoms with Crippen molar-refractivity contribution in [2.24, 2.45) is 5.92 Å². The van der Waals surface area contributed by atoms with Gasteiger partial charge in [-0.25, -0.2) is 4.79 Å². The van der Waals surface area contributed by atoms with Crippen molar-refractivity contribution in [2.75, 3.05) is 5.32 Å². The maximum Gasteiger partial charge on any atom is 0.387 e. The largest absolute Gasteiger partial charge is 0.435 e. The molecule has 1 fully saturated rings. The molecule has 0 saturated heterocycles. The molecular weight excluding hydrogens is 254 g/mol. The summed E-state index contributed by atoms with van der Waals surface area (Å²) in [6.45, 7) is -0.924. The Bertz CT molecular complexity index is 450. The molecule has 0 bridgehead atoms. The highest BCUT2D eigenvalue weighted by Crippen LogP contribution is 2.32. The minimum absolute atomic E-state index is 0.0167. The minimum atomic E-state index is -2.88. The number of anilines is 1. The normalized spacial score (nSPS) is 16.0. The van der Waals surface area contributed by atoms with Gasteiger partial charge in [-0.1, -0.05) is 6.07 Å². The molecule has 0 heterocycles. The Morgan fingerprint density at radius 1 is 1.42 bits per heavy atom. The third kappa shape index (κ3) is 4.39. The average Bonchev–Trinajstić information content (AvgIpc) is 3.11. The highest BCUT2D eigenvalue weighted by atomic mass is 19.3. The van der Waals surface area contributed by atoms with Crippen molar-refractivity contribution >= 4 is 11.7 Å². The number of alkyl halides is 2. The number of carbonyl (C=O) groups is 1. The topological polar surface area (TPSA) is 50.4 Å². The number of carbonyl (C=O) groups excluding carboxylic acids is 1. The molecular formula is C13H16F2N2O2. The van der Waals surface area contributed by atoms with Crippen LogP contribution in [0.5, 0.6) is 5.75 Å². The smallest absolute Gasteiger partial charge is 0.387 e. The fraction of sp³-hybridized carbons (Fsp3) is 0.462. The Labute approximate surface area is 110 Å². The van der Waals surface area contributed by atoms with E-state index in [1.165, 1.54) is 18.2 Å². The summed E-state index contributed by atoms with van der Waals surface area (Å²) in [5, 5.41) is 5.41. The lowest BCUT2D eigenvalue weighted by Gasteiger charge is -2.14. The van der Waals surface area contributed by atoms with Crippen LogP contribution in [0.3, 0.4) is 0 Å². The second-order valence-corrected chi connectivity index (χ2v) is 4.63. The number of rotatable bonds is 5. The van der Waals surface area contributed by atoms with E-state index in [0.29, 0.717) is 11.6 Å². The molecule has 104 valence electrons. The first-order chi connectivity index (χ1) is 9.04. The van der Waals surface area contributed by atoms with Crippen LogP contribution in [0, 0.1) is 5.92 Å². The predicted octanol–water partition coefficient (Wildman–Crippen LogP) is 3.21. The first-order valence-corrected chi connectivity index (χ1v) is 6.17. The molecule has 0 aromatic heterocycles. The highest BCUT2D eigenvalue weighted by Gasteiger charge is 2.28. The van der Waals surface area contributed by atoms with Crippen molar-refractivity contribution in [2.45, 2.75) is 32.4 Å². The Morgan fingerprint density at radius 2 is 2.16 bits per heavy atom. The molecule has 2 rings (SSSR count). The molecule has 0 aliphatic heterocycles. The van der Waals surface area contributed by atoms with E-state index < -0.39 is 6.61 Å². The average molecular weight is 270 g/mol. The Kier molecular flexibility index (Phi) is 4.19. The maximum atomic E-state index is 12.1. The summed E-state index contributed by atoms with van der Waals surface area (Å²) in [5.74, 6) is 0.572. The van der Waals surface area contributed by atoms with Gasteiger partial charge in [0.1, 0.15) is 5.75 Å². The number of hydrogen-bond acceptors (Lipinski definition) is 2. The summed E-state index contributed by atoms with van der Waals surface area (Å²) in [6.07, 6.45) is 2.28. The standard InChI is InChI=1S/C13H16F2N2O2/c1-8(9-5-6-9)16-13(18)17-10-3-2-4-11(7-10)19-12(14)15/h2-4,7-9,12H,5-6H2,1H3,(H2,16,17,18). The van der Waals surface area contributed by atoms with Crippen molar-refractivity contribution in [1.29, 1.82) is 0 Å². The quantitative estimate of drug-likeness (QED) is 0.863. The van der Waals surface area contributed by atoms with E-state index >= 15 is 0 Å². The number of nitrogens with one attached hydrogen (secondary N) is 2. The Balaban J connectivity index is 1.88. The van der Waals surface area contributed by atoms with Crippen LogP contribution in [-0.2, 0) is 0 Å². The zero-order valence-electron chi connectivity index (χ0n) is 10.5. The maximum absolute atomic E-state index is 12.1. The van der Waals surface area contributed by atoms with Crippen LogP contribution in [0.1, 0.15) is 19.8 Å². The van der Waals surface area contributed by atoms with E-state index in [1.54, 1.807) is 6.07 Å². The summed E-state index contributed by atoms with van der Waals surface area (Å²) >= 11 is 0. The van der Waals surface area contributed by atoms with Crippen molar-refractivity contribution in [3.8, 4) is 5.75 Å². The zero-order chi connectivity index (χ0) is 13.8. The van der Waals surface area contributed by atoms with E-state index in [1.807, 2.05) is 6.92 Å². The van der Waals surface area contributed by atoms with Crippen molar-refractivity contribution < 1.29 is 18.3 Å². The van der Waals surface area contributed by atoms with E-state index in [2.05, 4.69) is 15.4 Å². The molecule has 1 aliphatic carbocycles. The molecule has 19 heavy (non-hydrogen) atoms. The SMILES string of the molecule is CC(NC(=O)Nc1cccc(OC(F)F)c1)C1CC1.